The van der Waals surface area contributed by atoms with Crippen LogP contribution in [0.15, 0.2) is 24.3 Å². The van der Waals surface area contributed by atoms with Gasteiger partial charge >= 0.3 is 0 Å². The van der Waals surface area contributed by atoms with Crippen molar-refractivity contribution in [3.63, 3.8) is 0 Å². The van der Waals surface area contributed by atoms with E-state index in [1.807, 2.05) is 20.8 Å². The highest BCUT2D eigenvalue weighted by Crippen LogP contribution is 2.32. The molecule has 0 atom stereocenters. The van der Waals surface area contributed by atoms with Gasteiger partial charge in [-0.25, -0.2) is 4.39 Å². The molecule has 0 aliphatic heterocycles. The van der Waals surface area contributed by atoms with E-state index in [2.05, 4.69) is 16.9 Å². The highest BCUT2D eigenvalue weighted by atomic mass is 35.5. The Balaban J connectivity index is 0.00000192. The molecule has 5 heteroatoms. The number of rotatable bonds is 3. The quantitative estimate of drug-likeness (QED) is 0.737. The number of hydrogen-bond donors (Lipinski definition) is 1. The number of benzene rings is 1. The second-order valence-electron chi connectivity index (χ2n) is 5.67. The van der Waals surface area contributed by atoms with Gasteiger partial charge in [-0.3, -0.25) is 4.98 Å². The van der Waals surface area contributed by atoms with Crippen molar-refractivity contribution >= 4 is 23.4 Å². The summed E-state index contributed by atoms with van der Waals surface area (Å²) in [5.74, 6) is 0.584. The number of nitrogens with zero attached hydrogens (tertiary/aromatic N) is 1. The van der Waals surface area contributed by atoms with Crippen LogP contribution in [0, 0.1) is 33.5 Å². The van der Waals surface area contributed by atoms with E-state index in [1.54, 1.807) is 12.1 Å². The van der Waals surface area contributed by atoms with Gasteiger partial charge in [-0.05, 0) is 51.0 Å². The summed E-state index contributed by atoms with van der Waals surface area (Å²) < 4.78 is 19.0. The molecule has 0 fully saturated rings. The number of fused-ring (bicyclic) bond motifs is 1. The zero-order chi connectivity index (χ0) is 15.9. The van der Waals surface area contributed by atoms with E-state index in [-0.39, 0.29) is 18.2 Å². The van der Waals surface area contributed by atoms with Crippen molar-refractivity contribution in [3.8, 4) is 5.75 Å². The van der Waals surface area contributed by atoms with Crippen LogP contribution in [0.25, 0.3) is 11.0 Å². The third-order valence-corrected chi connectivity index (χ3v) is 4.15. The molecule has 2 heterocycles. The van der Waals surface area contributed by atoms with Crippen LogP contribution in [0.1, 0.15) is 28.1 Å². The molecular weight excluding hydrogens is 315 g/mol. The van der Waals surface area contributed by atoms with Gasteiger partial charge in [0.05, 0.1) is 5.52 Å². The molecule has 0 aliphatic rings. The Kier molecular flexibility index (Phi) is 4.95. The number of halogens is 2. The van der Waals surface area contributed by atoms with Crippen LogP contribution in [-0.2, 0) is 6.61 Å². The molecule has 122 valence electrons. The van der Waals surface area contributed by atoms with Gasteiger partial charge < -0.3 is 9.72 Å². The van der Waals surface area contributed by atoms with Gasteiger partial charge in [-0.1, -0.05) is 12.1 Å². The third-order valence-electron chi connectivity index (χ3n) is 4.15. The number of nitrogens with one attached hydrogen (secondary N) is 1. The molecule has 2 aromatic heterocycles. The summed E-state index contributed by atoms with van der Waals surface area (Å²) in [5.41, 5.74) is 7.04. The standard InChI is InChI=1S/C18H19FN2O.ClH/c1-10-12(3)21-17-16(10)20-13(4)11(2)18(17)22-9-14-5-7-15(19)8-6-14;/h5-8,21H,9H2,1-4H3;1H. The Bertz CT molecular complexity index is 841. The highest BCUT2D eigenvalue weighted by Gasteiger charge is 2.15. The number of pyridine rings is 1. The molecule has 0 unspecified atom stereocenters. The van der Waals surface area contributed by atoms with Crippen molar-refractivity contribution in [2.45, 2.75) is 34.3 Å². The molecular formula is C18H20ClFN2O. The lowest BCUT2D eigenvalue weighted by atomic mass is 10.1. The molecule has 1 N–H and O–H groups in total. The summed E-state index contributed by atoms with van der Waals surface area (Å²) in [5, 5.41) is 0. The molecule has 0 bridgehead atoms. The molecule has 0 spiro atoms. The second-order valence-corrected chi connectivity index (χ2v) is 5.67. The summed E-state index contributed by atoms with van der Waals surface area (Å²) in [6.45, 7) is 8.48. The van der Waals surface area contributed by atoms with Crippen molar-refractivity contribution < 1.29 is 9.13 Å². The Hall–Kier alpha value is -2.07. The Morgan fingerprint density at radius 1 is 1.04 bits per heavy atom. The van der Waals surface area contributed by atoms with Gasteiger partial charge in [-0.2, -0.15) is 0 Å². The van der Waals surface area contributed by atoms with Crippen molar-refractivity contribution in [3.05, 3.63) is 58.2 Å². The van der Waals surface area contributed by atoms with Crippen LogP contribution in [0.5, 0.6) is 5.75 Å². The molecule has 0 radical (unpaired) electrons. The molecule has 1 aromatic carbocycles. The largest absolute Gasteiger partial charge is 0.486 e. The SMILES string of the molecule is Cc1nc2c(C)c(C)[nH]c2c(OCc2ccc(F)cc2)c1C.Cl. The first kappa shape index (κ1) is 17.3. The van der Waals surface area contributed by atoms with E-state index >= 15 is 0 Å². The van der Waals surface area contributed by atoms with Crippen molar-refractivity contribution in [1.82, 2.24) is 9.97 Å². The maximum Gasteiger partial charge on any atom is 0.150 e. The topological polar surface area (TPSA) is 37.9 Å². The fourth-order valence-corrected chi connectivity index (χ4v) is 2.53. The predicted octanol–water partition coefficient (Wildman–Crippen LogP) is 4.94. The average molecular weight is 335 g/mol. The van der Waals surface area contributed by atoms with Gasteiger partial charge in [0, 0.05) is 17.0 Å². The fourth-order valence-electron chi connectivity index (χ4n) is 2.53. The number of H-pyrrole nitrogens is 1. The monoisotopic (exact) mass is 334 g/mol. The Labute approximate surface area is 141 Å². The van der Waals surface area contributed by atoms with Gasteiger partial charge in [0.15, 0.2) is 0 Å². The van der Waals surface area contributed by atoms with Crippen LogP contribution in [0.3, 0.4) is 0 Å². The molecule has 23 heavy (non-hydrogen) atoms. The van der Waals surface area contributed by atoms with Crippen molar-refractivity contribution in [2.24, 2.45) is 0 Å². The number of aryl methyl sites for hydroxylation is 3. The van der Waals surface area contributed by atoms with E-state index in [1.165, 1.54) is 12.1 Å². The van der Waals surface area contributed by atoms with E-state index in [9.17, 15) is 4.39 Å². The zero-order valence-corrected chi connectivity index (χ0v) is 14.5. The second kappa shape index (κ2) is 6.59. The third kappa shape index (κ3) is 3.17. The lowest BCUT2D eigenvalue weighted by Crippen LogP contribution is -2.00. The normalized spacial score (nSPS) is 10.7. The van der Waals surface area contributed by atoms with E-state index < -0.39 is 0 Å². The summed E-state index contributed by atoms with van der Waals surface area (Å²) in [4.78, 5) is 8.02. The predicted molar refractivity (Wildman–Crippen MR) is 93.0 cm³/mol. The van der Waals surface area contributed by atoms with Gasteiger partial charge in [0.2, 0.25) is 0 Å². The Morgan fingerprint density at radius 3 is 2.35 bits per heavy atom. The van der Waals surface area contributed by atoms with Crippen LogP contribution < -0.4 is 4.74 Å². The molecule has 3 rings (SSSR count). The minimum absolute atomic E-state index is 0. The minimum Gasteiger partial charge on any atom is -0.486 e. The van der Waals surface area contributed by atoms with E-state index in [0.717, 1.165) is 44.9 Å². The van der Waals surface area contributed by atoms with Crippen molar-refractivity contribution in [1.29, 1.82) is 0 Å². The first-order valence-electron chi connectivity index (χ1n) is 7.30. The van der Waals surface area contributed by atoms with Gasteiger partial charge in [0.1, 0.15) is 23.7 Å². The molecule has 3 nitrogen and oxygen atoms in total. The fraction of sp³-hybridized carbons (Fsp3) is 0.278. The molecule has 0 aliphatic carbocycles. The maximum absolute atomic E-state index is 13.0. The van der Waals surface area contributed by atoms with Crippen LogP contribution in [0.4, 0.5) is 4.39 Å². The Morgan fingerprint density at radius 2 is 1.70 bits per heavy atom. The summed E-state index contributed by atoms with van der Waals surface area (Å²) in [7, 11) is 0. The first-order chi connectivity index (χ1) is 10.5. The lowest BCUT2D eigenvalue weighted by Gasteiger charge is -2.12. The summed E-state index contributed by atoms with van der Waals surface area (Å²) >= 11 is 0. The molecule has 0 amide bonds. The zero-order valence-electron chi connectivity index (χ0n) is 13.7. The number of aromatic nitrogens is 2. The number of aromatic amines is 1. The number of ether oxygens (including phenoxy) is 1. The maximum atomic E-state index is 13.0. The summed E-state index contributed by atoms with van der Waals surface area (Å²) in [6, 6.07) is 6.37. The summed E-state index contributed by atoms with van der Waals surface area (Å²) in [6.07, 6.45) is 0. The lowest BCUT2D eigenvalue weighted by molar-refractivity contribution is 0.306. The average Bonchev–Trinajstić information content (AvgIpc) is 2.77. The van der Waals surface area contributed by atoms with E-state index in [0.29, 0.717) is 6.61 Å². The smallest absolute Gasteiger partial charge is 0.150 e. The van der Waals surface area contributed by atoms with E-state index in [4.69, 9.17) is 4.74 Å². The highest BCUT2D eigenvalue weighted by molar-refractivity contribution is 5.87. The minimum atomic E-state index is -0.238. The van der Waals surface area contributed by atoms with Crippen LogP contribution in [0.2, 0.25) is 0 Å². The first-order valence-corrected chi connectivity index (χ1v) is 7.30. The van der Waals surface area contributed by atoms with Gasteiger partial charge in [-0.15, -0.1) is 12.4 Å². The molecule has 3 aromatic rings. The van der Waals surface area contributed by atoms with Crippen LogP contribution >= 0.6 is 12.4 Å². The van der Waals surface area contributed by atoms with Crippen molar-refractivity contribution in [2.75, 3.05) is 0 Å². The molecule has 0 saturated heterocycles. The molecule has 0 saturated carbocycles. The van der Waals surface area contributed by atoms with Crippen LogP contribution in [-0.4, -0.2) is 9.97 Å². The van der Waals surface area contributed by atoms with Gasteiger partial charge in [0.25, 0.3) is 0 Å². The number of hydrogen-bond acceptors (Lipinski definition) is 2.